The Bertz CT molecular complexity index is 245. The molecule has 0 saturated heterocycles. The Kier molecular flexibility index (Phi) is 3.26. The van der Waals surface area contributed by atoms with E-state index in [1.165, 1.54) is 0 Å². The van der Waals surface area contributed by atoms with Gasteiger partial charge >= 0.3 is 0 Å². The first kappa shape index (κ1) is 9.23. The van der Waals surface area contributed by atoms with E-state index in [-0.39, 0.29) is 12.6 Å². The van der Waals surface area contributed by atoms with E-state index in [1.807, 2.05) is 31.2 Å². The first-order chi connectivity index (χ1) is 5.74. The fraction of sp³-hybridized carbons (Fsp3) is 0.400. The summed E-state index contributed by atoms with van der Waals surface area (Å²) >= 11 is 0. The summed E-state index contributed by atoms with van der Waals surface area (Å²) < 4.78 is 0. The minimum atomic E-state index is 0.100. The SMILES string of the molecule is CC(N)Cc1ccccc1CO. The predicted octanol–water partition coefficient (Wildman–Crippen LogP) is 1.07. The minimum absolute atomic E-state index is 0.100. The summed E-state index contributed by atoms with van der Waals surface area (Å²) in [6, 6.07) is 7.98. The van der Waals surface area contributed by atoms with Gasteiger partial charge in [0.15, 0.2) is 0 Å². The lowest BCUT2D eigenvalue weighted by Crippen LogP contribution is -2.18. The second kappa shape index (κ2) is 4.24. The van der Waals surface area contributed by atoms with E-state index in [4.69, 9.17) is 10.8 Å². The highest BCUT2D eigenvalue weighted by atomic mass is 16.3. The van der Waals surface area contributed by atoms with E-state index in [1.54, 1.807) is 0 Å². The molecule has 0 aliphatic rings. The first-order valence-electron chi connectivity index (χ1n) is 4.17. The van der Waals surface area contributed by atoms with Crippen LogP contribution in [0.1, 0.15) is 18.1 Å². The van der Waals surface area contributed by atoms with Crippen molar-refractivity contribution in [1.82, 2.24) is 0 Å². The second-order valence-corrected chi connectivity index (χ2v) is 3.11. The van der Waals surface area contributed by atoms with E-state index < -0.39 is 0 Å². The van der Waals surface area contributed by atoms with Gasteiger partial charge in [-0.15, -0.1) is 0 Å². The summed E-state index contributed by atoms with van der Waals surface area (Å²) in [5.74, 6) is 0. The number of nitrogens with two attached hydrogens (primary N) is 1. The molecule has 1 aromatic rings. The van der Waals surface area contributed by atoms with Crippen LogP contribution in [-0.4, -0.2) is 11.1 Å². The van der Waals surface area contributed by atoms with E-state index in [0.29, 0.717) is 0 Å². The van der Waals surface area contributed by atoms with Crippen LogP contribution in [-0.2, 0) is 13.0 Å². The molecule has 0 saturated carbocycles. The fourth-order valence-corrected chi connectivity index (χ4v) is 1.26. The van der Waals surface area contributed by atoms with Crippen LogP contribution in [0.25, 0.3) is 0 Å². The van der Waals surface area contributed by atoms with E-state index >= 15 is 0 Å². The number of benzene rings is 1. The van der Waals surface area contributed by atoms with Crippen LogP contribution in [0.15, 0.2) is 24.3 Å². The van der Waals surface area contributed by atoms with Crippen molar-refractivity contribution in [3.05, 3.63) is 35.4 Å². The molecule has 1 rings (SSSR count). The van der Waals surface area contributed by atoms with Crippen LogP contribution >= 0.6 is 0 Å². The van der Waals surface area contributed by atoms with Gasteiger partial charge in [-0.25, -0.2) is 0 Å². The van der Waals surface area contributed by atoms with Crippen molar-refractivity contribution in [2.24, 2.45) is 5.73 Å². The van der Waals surface area contributed by atoms with E-state index in [9.17, 15) is 0 Å². The molecule has 12 heavy (non-hydrogen) atoms. The molecule has 0 bridgehead atoms. The van der Waals surface area contributed by atoms with Crippen molar-refractivity contribution in [1.29, 1.82) is 0 Å². The molecule has 0 fully saturated rings. The van der Waals surface area contributed by atoms with Crippen LogP contribution in [0.3, 0.4) is 0 Å². The Balaban J connectivity index is 2.82. The molecule has 66 valence electrons. The van der Waals surface area contributed by atoms with Gasteiger partial charge in [-0.3, -0.25) is 0 Å². The molecular formula is C10H15NO. The number of aliphatic hydroxyl groups is 1. The summed E-state index contributed by atoms with van der Waals surface area (Å²) in [6.45, 7) is 2.07. The average molecular weight is 165 g/mol. The molecule has 3 N–H and O–H groups in total. The highest BCUT2D eigenvalue weighted by Crippen LogP contribution is 2.10. The average Bonchev–Trinajstić information content (AvgIpc) is 2.04. The Labute approximate surface area is 73.0 Å². The van der Waals surface area contributed by atoms with E-state index in [2.05, 4.69) is 0 Å². The standard InChI is InChI=1S/C10H15NO/c1-8(11)6-9-4-2-3-5-10(9)7-12/h2-5,8,12H,6-7,11H2,1H3. The fourth-order valence-electron chi connectivity index (χ4n) is 1.26. The summed E-state index contributed by atoms with van der Waals surface area (Å²) in [5, 5.41) is 8.99. The summed E-state index contributed by atoms with van der Waals surface area (Å²) in [4.78, 5) is 0. The maximum absolute atomic E-state index is 8.99. The van der Waals surface area contributed by atoms with Gasteiger partial charge in [-0.2, -0.15) is 0 Å². The van der Waals surface area contributed by atoms with Crippen LogP contribution in [0.2, 0.25) is 0 Å². The lowest BCUT2D eigenvalue weighted by molar-refractivity contribution is 0.280. The number of hydrogen-bond acceptors (Lipinski definition) is 2. The molecule has 2 heteroatoms. The molecule has 0 aliphatic heterocycles. The zero-order chi connectivity index (χ0) is 8.97. The third-order valence-corrected chi connectivity index (χ3v) is 1.83. The molecule has 1 aromatic carbocycles. The highest BCUT2D eigenvalue weighted by Gasteiger charge is 2.02. The molecule has 0 heterocycles. The second-order valence-electron chi connectivity index (χ2n) is 3.11. The number of aliphatic hydroxyl groups excluding tert-OH is 1. The van der Waals surface area contributed by atoms with E-state index in [0.717, 1.165) is 17.5 Å². The zero-order valence-corrected chi connectivity index (χ0v) is 7.33. The maximum Gasteiger partial charge on any atom is 0.0684 e. The third kappa shape index (κ3) is 2.32. The largest absolute Gasteiger partial charge is 0.392 e. The molecule has 0 spiro atoms. The van der Waals surface area contributed by atoms with Gasteiger partial charge in [0.05, 0.1) is 6.61 Å². The van der Waals surface area contributed by atoms with Crippen molar-refractivity contribution >= 4 is 0 Å². The zero-order valence-electron chi connectivity index (χ0n) is 7.33. The van der Waals surface area contributed by atoms with Crippen molar-refractivity contribution < 1.29 is 5.11 Å². The molecule has 0 aromatic heterocycles. The van der Waals surface area contributed by atoms with Gasteiger partial charge < -0.3 is 10.8 Å². The Hall–Kier alpha value is -0.860. The van der Waals surface area contributed by atoms with Crippen molar-refractivity contribution in [2.75, 3.05) is 0 Å². The number of rotatable bonds is 3. The first-order valence-corrected chi connectivity index (χ1v) is 4.17. The predicted molar refractivity (Wildman–Crippen MR) is 49.7 cm³/mol. The van der Waals surface area contributed by atoms with Gasteiger partial charge in [0.25, 0.3) is 0 Å². The maximum atomic E-state index is 8.99. The van der Waals surface area contributed by atoms with Gasteiger partial charge in [-0.1, -0.05) is 24.3 Å². The molecule has 0 amide bonds. The molecule has 0 radical (unpaired) electrons. The topological polar surface area (TPSA) is 46.2 Å². The summed E-state index contributed by atoms with van der Waals surface area (Å²) in [7, 11) is 0. The molecular weight excluding hydrogens is 150 g/mol. The molecule has 2 nitrogen and oxygen atoms in total. The number of hydrogen-bond donors (Lipinski definition) is 2. The van der Waals surface area contributed by atoms with Crippen LogP contribution in [0.4, 0.5) is 0 Å². The van der Waals surface area contributed by atoms with Crippen molar-refractivity contribution in [3.8, 4) is 0 Å². The minimum Gasteiger partial charge on any atom is -0.392 e. The van der Waals surface area contributed by atoms with Crippen LogP contribution in [0, 0.1) is 0 Å². The van der Waals surface area contributed by atoms with Gasteiger partial charge in [0.1, 0.15) is 0 Å². The molecule has 1 atom stereocenters. The smallest absolute Gasteiger partial charge is 0.0684 e. The molecule has 1 unspecified atom stereocenters. The van der Waals surface area contributed by atoms with Crippen molar-refractivity contribution in [2.45, 2.75) is 26.0 Å². The normalized spacial score (nSPS) is 12.9. The lowest BCUT2D eigenvalue weighted by atomic mass is 10.0. The Morgan fingerprint density at radius 3 is 2.42 bits per heavy atom. The summed E-state index contributed by atoms with van der Waals surface area (Å²) in [5.41, 5.74) is 7.80. The van der Waals surface area contributed by atoms with Gasteiger partial charge in [0, 0.05) is 6.04 Å². The summed E-state index contributed by atoms with van der Waals surface area (Å²) in [6.07, 6.45) is 0.830. The Morgan fingerprint density at radius 1 is 1.33 bits per heavy atom. The molecule has 0 aliphatic carbocycles. The lowest BCUT2D eigenvalue weighted by Gasteiger charge is -2.08. The monoisotopic (exact) mass is 165 g/mol. The van der Waals surface area contributed by atoms with Crippen LogP contribution < -0.4 is 5.73 Å². The third-order valence-electron chi connectivity index (χ3n) is 1.83. The van der Waals surface area contributed by atoms with Gasteiger partial charge in [-0.05, 0) is 24.5 Å². The van der Waals surface area contributed by atoms with Gasteiger partial charge in [0.2, 0.25) is 0 Å². The Morgan fingerprint density at radius 2 is 1.92 bits per heavy atom. The van der Waals surface area contributed by atoms with Crippen molar-refractivity contribution in [3.63, 3.8) is 0 Å². The highest BCUT2D eigenvalue weighted by molar-refractivity contribution is 5.26. The quantitative estimate of drug-likeness (QED) is 0.703. The van der Waals surface area contributed by atoms with Crippen LogP contribution in [0.5, 0.6) is 0 Å².